The minimum absolute atomic E-state index is 0.0805. The molecular formula is C9H5BrF4N2O. The maximum Gasteiger partial charge on any atom is 0.574 e. The Morgan fingerprint density at radius 1 is 1.47 bits per heavy atom. The van der Waals surface area contributed by atoms with E-state index in [4.69, 9.17) is 5.26 Å². The molecule has 0 aromatic carbocycles. The van der Waals surface area contributed by atoms with Crippen LogP contribution < -0.4 is 4.74 Å². The van der Waals surface area contributed by atoms with Crippen molar-refractivity contribution < 1.29 is 22.3 Å². The number of nitrogens with zero attached hydrogens (tertiary/aromatic N) is 2. The van der Waals surface area contributed by atoms with Gasteiger partial charge in [-0.2, -0.15) is 14.6 Å². The maximum absolute atomic E-state index is 12.9. The largest absolute Gasteiger partial charge is 0.574 e. The second-order valence-electron chi connectivity index (χ2n) is 2.90. The third kappa shape index (κ3) is 3.85. The average molecular weight is 313 g/mol. The fourth-order valence-electron chi connectivity index (χ4n) is 1.15. The molecule has 0 spiro atoms. The van der Waals surface area contributed by atoms with Crippen LogP contribution in [0.5, 0.6) is 5.88 Å². The molecule has 17 heavy (non-hydrogen) atoms. The number of aromatic nitrogens is 1. The predicted octanol–water partition coefficient (Wildman–Crippen LogP) is 3.08. The van der Waals surface area contributed by atoms with Crippen molar-refractivity contribution in [1.82, 2.24) is 4.98 Å². The van der Waals surface area contributed by atoms with E-state index in [2.05, 4.69) is 25.7 Å². The summed E-state index contributed by atoms with van der Waals surface area (Å²) in [6, 6.07) is 2.62. The Hall–Kier alpha value is -1.36. The summed E-state index contributed by atoms with van der Waals surface area (Å²) in [4.78, 5) is 3.00. The van der Waals surface area contributed by atoms with Crippen molar-refractivity contribution in [2.75, 3.05) is 0 Å². The SMILES string of the molecule is N#CCc1c(CBr)cc(F)nc1OC(F)(F)F. The van der Waals surface area contributed by atoms with Gasteiger partial charge in [0, 0.05) is 10.9 Å². The third-order valence-electron chi connectivity index (χ3n) is 1.76. The van der Waals surface area contributed by atoms with Crippen molar-refractivity contribution in [3.8, 4) is 11.9 Å². The number of ether oxygens (including phenoxy) is 1. The number of alkyl halides is 4. The lowest BCUT2D eigenvalue weighted by Crippen LogP contribution is -2.20. The summed E-state index contributed by atoms with van der Waals surface area (Å²) in [6.45, 7) is 0. The molecule has 92 valence electrons. The van der Waals surface area contributed by atoms with Gasteiger partial charge in [-0.25, -0.2) is 0 Å². The quantitative estimate of drug-likeness (QED) is 0.489. The lowest BCUT2D eigenvalue weighted by molar-refractivity contribution is -0.276. The van der Waals surface area contributed by atoms with Crippen LogP contribution in [0.1, 0.15) is 11.1 Å². The molecule has 0 fully saturated rings. The average Bonchev–Trinajstić information content (AvgIpc) is 2.19. The zero-order valence-corrected chi connectivity index (χ0v) is 9.77. The number of halogens is 5. The molecule has 0 radical (unpaired) electrons. The van der Waals surface area contributed by atoms with Crippen molar-refractivity contribution >= 4 is 15.9 Å². The third-order valence-corrected chi connectivity index (χ3v) is 2.36. The molecule has 3 nitrogen and oxygen atoms in total. The normalized spacial score (nSPS) is 11.1. The molecular weight excluding hydrogens is 308 g/mol. The fraction of sp³-hybridized carbons (Fsp3) is 0.333. The zero-order valence-electron chi connectivity index (χ0n) is 8.18. The number of hydrogen-bond donors (Lipinski definition) is 0. The molecule has 1 aromatic rings. The summed E-state index contributed by atoms with van der Waals surface area (Å²) in [5, 5.41) is 8.60. The first kappa shape index (κ1) is 13.7. The van der Waals surface area contributed by atoms with Gasteiger partial charge >= 0.3 is 6.36 Å². The molecule has 0 aliphatic carbocycles. The number of pyridine rings is 1. The Morgan fingerprint density at radius 2 is 2.12 bits per heavy atom. The molecule has 1 rings (SSSR count). The second kappa shape index (κ2) is 5.31. The topological polar surface area (TPSA) is 45.9 Å². The van der Waals surface area contributed by atoms with Crippen LogP contribution in [0.2, 0.25) is 0 Å². The zero-order chi connectivity index (χ0) is 13.1. The van der Waals surface area contributed by atoms with E-state index in [0.717, 1.165) is 6.07 Å². The molecule has 0 saturated heterocycles. The van der Waals surface area contributed by atoms with Gasteiger partial charge in [0.25, 0.3) is 0 Å². The van der Waals surface area contributed by atoms with Crippen LogP contribution in [0.15, 0.2) is 6.07 Å². The van der Waals surface area contributed by atoms with Crippen molar-refractivity contribution in [3.05, 3.63) is 23.1 Å². The van der Waals surface area contributed by atoms with E-state index in [1.807, 2.05) is 0 Å². The predicted molar refractivity (Wildman–Crippen MR) is 52.8 cm³/mol. The van der Waals surface area contributed by atoms with Gasteiger partial charge in [0.05, 0.1) is 12.5 Å². The Kier molecular flexibility index (Phi) is 4.28. The summed E-state index contributed by atoms with van der Waals surface area (Å²) in [6.07, 6.45) is -5.33. The van der Waals surface area contributed by atoms with E-state index in [1.165, 1.54) is 0 Å². The van der Waals surface area contributed by atoms with Crippen molar-refractivity contribution in [3.63, 3.8) is 0 Å². The summed E-state index contributed by atoms with van der Waals surface area (Å²) < 4.78 is 52.7. The van der Waals surface area contributed by atoms with Gasteiger partial charge in [-0.15, -0.1) is 13.2 Å². The van der Waals surface area contributed by atoms with E-state index in [-0.39, 0.29) is 22.9 Å². The highest BCUT2D eigenvalue weighted by Gasteiger charge is 2.33. The Labute approximate surface area is 102 Å². The van der Waals surface area contributed by atoms with Gasteiger partial charge < -0.3 is 4.74 Å². The molecule has 0 atom stereocenters. The van der Waals surface area contributed by atoms with E-state index in [1.54, 1.807) is 6.07 Å². The second-order valence-corrected chi connectivity index (χ2v) is 3.46. The first-order valence-corrected chi connectivity index (χ1v) is 5.36. The molecule has 0 amide bonds. The van der Waals surface area contributed by atoms with Crippen LogP contribution in [0.3, 0.4) is 0 Å². The van der Waals surface area contributed by atoms with Crippen molar-refractivity contribution in [2.24, 2.45) is 0 Å². The van der Waals surface area contributed by atoms with Crippen LogP contribution in [-0.4, -0.2) is 11.3 Å². The minimum atomic E-state index is -4.98. The summed E-state index contributed by atoms with van der Waals surface area (Å²) in [7, 11) is 0. The van der Waals surface area contributed by atoms with Gasteiger partial charge in [0.15, 0.2) is 0 Å². The van der Waals surface area contributed by atoms with Crippen LogP contribution in [0.4, 0.5) is 17.6 Å². The highest BCUT2D eigenvalue weighted by molar-refractivity contribution is 9.08. The Morgan fingerprint density at radius 3 is 2.59 bits per heavy atom. The summed E-state index contributed by atoms with van der Waals surface area (Å²) in [5.41, 5.74) is 0.112. The first-order chi connectivity index (χ1) is 7.87. The van der Waals surface area contributed by atoms with Crippen LogP contribution >= 0.6 is 15.9 Å². The lowest BCUT2D eigenvalue weighted by Gasteiger charge is -2.13. The Balaban J connectivity index is 3.26. The van der Waals surface area contributed by atoms with Gasteiger partial charge in [0.2, 0.25) is 11.8 Å². The smallest absolute Gasteiger partial charge is 0.387 e. The number of hydrogen-bond acceptors (Lipinski definition) is 3. The van der Waals surface area contributed by atoms with Gasteiger partial charge in [-0.3, -0.25) is 0 Å². The standard InChI is InChI=1S/C9H5BrF4N2O/c10-4-5-3-7(11)16-8(6(5)1-2-15)17-9(12,13)14/h3H,1,4H2. The van der Waals surface area contributed by atoms with Crippen molar-refractivity contribution in [2.45, 2.75) is 18.1 Å². The maximum atomic E-state index is 12.9. The van der Waals surface area contributed by atoms with Crippen LogP contribution in [0.25, 0.3) is 0 Å². The minimum Gasteiger partial charge on any atom is -0.387 e. The fourth-order valence-corrected chi connectivity index (χ4v) is 1.65. The van der Waals surface area contributed by atoms with Gasteiger partial charge in [-0.05, 0) is 11.6 Å². The van der Waals surface area contributed by atoms with Gasteiger partial charge in [-0.1, -0.05) is 15.9 Å². The van der Waals surface area contributed by atoms with E-state index in [9.17, 15) is 17.6 Å². The first-order valence-electron chi connectivity index (χ1n) is 4.24. The summed E-state index contributed by atoms with van der Waals surface area (Å²) >= 11 is 2.99. The van der Waals surface area contributed by atoms with Crippen LogP contribution in [-0.2, 0) is 11.8 Å². The highest BCUT2D eigenvalue weighted by atomic mass is 79.9. The van der Waals surface area contributed by atoms with Crippen molar-refractivity contribution in [1.29, 1.82) is 5.26 Å². The lowest BCUT2D eigenvalue weighted by atomic mass is 10.1. The molecule has 0 N–H and O–H groups in total. The number of nitriles is 1. The molecule has 0 saturated carbocycles. The van der Waals surface area contributed by atoms with E-state index in [0.29, 0.717) is 0 Å². The summed E-state index contributed by atoms with van der Waals surface area (Å²) in [5.74, 6) is -2.02. The monoisotopic (exact) mass is 312 g/mol. The van der Waals surface area contributed by atoms with E-state index < -0.39 is 18.2 Å². The molecule has 0 aliphatic rings. The molecule has 1 aromatic heterocycles. The van der Waals surface area contributed by atoms with E-state index >= 15 is 0 Å². The molecule has 1 heterocycles. The molecule has 0 bridgehead atoms. The Bertz CT molecular complexity index is 456. The molecule has 0 unspecified atom stereocenters. The molecule has 0 aliphatic heterocycles. The number of rotatable bonds is 3. The van der Waals surface area contributed by atoms with Gasteiger partial charge in [0.1, 0.15) is 0 Å². The highest BCUT2D eigenvalue weighted by Crippen LogP contribution is 2.28. The molecule has 8 heteroatoms. The van der Waals surface area contributed by atoms with Crippen LogP contribution in [0, 0.1) is 17.3 Å².